The molecule has 0 bridgehead atoms. The standard InChI is InChI=1S/C48H52Cl2F3N7O5/c1-2-9-35(49)48(64)59-21-19-58(20-22-59)45-33-26-36(50)41(43(53)44(33)54-28-55-45)42-37(52)10-8-11-39(42)65-23-7-5-3-4-6-16-57-17-14-29(15-18-57)31-24-30(51)25-32-34(31)27-60(47(32)63)38-12-13-40(61)56-46(38)62/h8-11,24-26,28-29,38H,2-7,12-23,27H2,1H3,(H,56,61,62)/b35-9-. The number of ether oxygens (including phenoxy) is 1. The molecule has 3 saturated heterocycles. The molecular weight excluding hydrogens is 882 g/mol. The Morgan fingerprint density at radius 3 is 2.43 bits per heavy atom. The zero-order chi connectivity index (χ0) is 45.8. The average molecular weight is 935 g/mol. The summed E-state index contributed by atoms with van der Waals surface area (Å²) in [6, 6.07) is 7.99. The van der Waals surface area contributed by atoms with E-state index in [0.717, 1.165) is 69.3 Å². The number of anilines is 1. The van der Waals surface area contributed by atoms with Gasteiger partial charge < -0.3 is 24.3 Å². The van der Waals surface area contributed by atoms with Crippen molar-refractivity contribution in [3.8, 4) is 16.9 Å². The Bertz CT molecular complexity index is 2510. The lowest BCUT2D eigenvalue weighted by Gasteiger charge is -2.35. The van der Waals surface area contributed by atoms with Crippen molar-refractivity contribution in [3.05, 3.63) is 93.0 Å². The lowest BCUT2D eigenvalue weighted by Crippen LogP contribution is -2.52. The van der Waals surface area contributed by atoms with Gasteiger partial charge in [0.15, 0.2) is 5.82 Å². The zero-order valence-electron chi connectivity index (χ0n) is 36.3. The van der Waals surface area contributed by atoms with Gasteiger partial charge in [-0.3, -0.25) is 24.5 Å². The SMILES string of the molecule is CC/C=C(\Cl)C(=O)N1CCN(c2ncnc3c(F)c(-c4c(F)cccc4OCCCCCCCN4CCC(c5cc(F)cc6c5CN(C5CCC(=O)NC5=O)C6=O)CC4)c(Cl)cc23)CC1. The fourth-order valence-electron chi connectivity index (χ4n) is 9.64. The quantitative estimate of drug-likeness (QED) is 0.0709. The van der Waals surface area contributed by atoms with Crippen molar-refractivity contribution in [2.75, 3.05) is 57.3 Å². The number of carbonyl (C=O) groups excluding carboxylic acids is 4. The van der Waals surface area contributed by atoms with Gasteiger partial charge in [-0.2, -0.15) is 0 Å². The van der Waals surface area contributed by atoms with Crippen molar-refractivity contribution < 1.29 is 37.1 Å². The van der Waals surface area contributed by atoms with E-state index in [0.29, 0.717) is 62.4 Å². The largest absolute Gasteiger partial charge is 0.493 e. The van der Waals surface area contributed by atoms with Crippen LogP contribution in [0.2, 0.25) is 5.02 Å². The number of nitrogens with one attached hydrogen (secondary N) is 1. The first-order valence-electron chi connectivity index (χ1n) is 22.6. The van der Waals surface area contributed by atoms with Crippen LogP contribution >= 0.6 is 23.2 Å². The number of hydrogen-bond acceptors (Lipinski definition) is 9. The van der Waals surface area contributed by atoms with Gasteiger partial charge in [-0.15, -0.1) is 0 Å². The number of hydrogen-bond donors (Lipinski definition) is 1. The fourth-order valence-corrected chi connectivity index (χ4v) is 10.2. The second kappa shape index (κ2) is 20.5. The summed E-state index contributed by atoms with van der Waals surface area (Å²) in [6.45, 7) is 6.76. The Morgan fingerprint density at radius 1 is 0.923 bits per heavy atom. The lowest BCUT2D eigenvalue weighted by molar-refractivity contribution is -0.137. The number of piperazine rings is 1. The number of nitrogens with zero attached hydrogens (tertiary/aromatic N) is 6. The average Bonchev–Trinajstić information content (AvgIpc) is 3.62. The molecule has 4 aliphatic rings. The van der Waals surface area contributed by atoms with Crippen molar-refractivity contribution in [3.63, 3.8) is 0 Å². The molecule has 4 aromatic rings. The van der Waals surface area contributed by atoms with Crippen LogP contribution in [-0.4, -0.2) is 107 Å². The van der Waals surface area contributed by atoms with Gasteiger partial charge in [-0.05, 0) is 106 Å². The second-order valence-electron chi connectivity index (χ2n) is 17.1. The fraction of sp³-hybridized carbons (Fsp3) is 0.458. The number of imide groups is 1. The maximum Gasteiger partial charge on any atom is 0.265 e. The first-order chi connectivity index (χ1) is 31.4. The summed E-state index contributed by atoms with van der Waals surface area (Å²) in [5.41, 5.74) is 1.72. The summed E-state index contributed by atoms with van der Waals surface area (Å²) in [5, 5.41) is 2.87. The van der Waals surface area contributed by atoms with E-state index in [1.807, 2.05) is 11.8 Å². The van der Waals surface area contributed by atoms with Crippen molar-refractivity contribution in [1.82, 2.24) is 30.0 Å². The third-order valence-electron chi connectivity index (χ3n) is 13.0. The van der Waals surface area contributed by atoms with Crippen LogP contribution in [0.5, 0.6) is 5.75 Å². The predicted molar refractivity (Wildman–Crippen MR) is 242 cm³/mol. The van der Waals surface area contributed by atoms with Gasteiger partial charge in [-0.25, -0.2) is 23.1 Å². The maximum atomic E-state index is 16.5. The van der Waals surface area contributed by atoms with Crippen LogP contribution in [0.4, 0.5) is 19.0 Å². The highest BCUT2D eigenvalue weighted by Crippen LogP contribution is 2.43. The maximum absolute atomic E-state index is 16.5. The number of rotatable bonds is 15. The van der Waals surface area contributed by atoms with Gasteiger partial charge >= 0.3 is 0 Å². The lowest BCUT2D eigenvalue weighted by atomic mass is 9.85. The van der Waals surface area contributed by atoms with Crippen molar-refractivity contribution >= 4 is 63.6 Å². The van der Waals surface area contributed by atoms with Gasteiger partial charge in [0.2, 0.25) is 11.8 Å². The molecule has 0 saturated carbocycles. The number of fused-ring (bicyclic) bond motifs is 2. The molecule has 0 spiro atoms. The Balaban J connectivity index is 0.802. The summed E-state index contributed by atoms with van der Waals surface area (Å²) in [5.74, 6) is -2.60. The molecule has 0 radical (unpaired) electrons. The van der Waals surface area contributed by atoms with E-state index in [2.05, 4.69) is 20.2 Å². The first-order valence-corrected chi connectivity index (χ1v) is 23.3. The Morgan fingerprint density at radius 2 is 1.68 bits per heavy atom. The number of allylic oxidation sites excluding steroid dienone is 1. The molecule has 4 amide bonds. The molecule has 12 nitrogen and oxygen atoms in total. The van der Waals surface area contributed by atoms with Crippen LogP contribution in [0.1, 0.15) is 98.5 Å². The minimum Gasteiger partial charge on any atom is -0.493 e. The van der Waals surface area contributed by atoms with Gasteiger partial charge in [0.1, 0.15) is 46.1 Å². The van der Waals surface area contributed by atoms with E-state index in [1.54, 1.807) is 29.2 Å². The smallest absolute Gasteiger partial charge is 0.265 e. The number of benzene rings is 3. The van der Waals surface area contributed by atoms with Crippen molar-refractivity contribution in [2.24, 2.45) is 0 Å². The third-order valence-corrected chi connectivity index (χ3v) is 13.7. The highest BCUT2D eigenvalue weighted by Gasteiger charge is 2.41. The van der Waals surface area contributed by atoms with Crippen LogP contribution in [0.25, 0.3) is 22.0 Å². The van der Waals surface area contributed by atoms with Crippen LogP contribution in [0.3, 0.4) is 0 Å². The van der Waals surface area contributed by atoms with Gasteiger partial charge in [-0.1, -0.05) is 61.5 Å². The molecule has 344 valence electrons. The summed E-state index contributed by atoms with van der Waals surface area (Å²) >= 11 is 12.9. The van der Waals surface area contributed by atoms with Crippen LogP contribution < -0.4 is 15.0 Å². The number of carbonyl (C=O) groups is 4. The number of likely N-dealkylation sites (tertiary alicyclic amines) is 1. The molecule has 0 aliphatic carbocycles. The minimum absolute atomic E-state index is 0.00655. The van der Waals surface area contributed by atoms with E-state index in [1.165, 1.54) is 29.4 Å². The predicted octanol–water partition coefficient (Wildman–Crippen LogP) is 8.52. The van der Waals surface area contributed by atoms with E-state index in [4.69, 9.17) is 27.9 Å². The Hall–Kier alpha value is -5.25. The molecule has 65 heavy (non-hydrogen) atoms. The number of piperidine rings is 2. The first kappa shape index (κ1) is 46.3. The molecule has 1 unspecified atom stereocenters. The Labute approximate surface area is 386 Å². The summed E-state index contributed by atoms with van der Waals surface area (Å²) < 4.78 is 53.0. The van der Waals surface area contributed by atoms with Crippen molar-refractivity contribution in [2.45, 2.75) is 89.6 Å². The molecule has 5 heterocycles. The van der Waals surface area contributed by atoms with Crippen LogP contribution in [0.15, 0.2) is 53.8 Å². The monoisotopic (exact) mass is 933 g/mol. The van der Waals surface area contributed by atoms with Gasteiger partial charge in [0.05, 0.1) is 17.2 Å². The second-order valence-corrected chi connectivity index (χ2v) is 18.0. The van der Waals surface area contributed by atoms with Gasteiger partial charge in [0.25, 0.3) is 11.8 Å². The highest BCUT2D eigenvalue weighted by atomic mass is 35.5. The summed E-state index contributed by atoms with van der Waals surface area (Å²) in [6.07, 6.45) is 10.3. The molecule has 1 aromatic heterocycles. The Kier molecular flexibility index (Phi) is 14.6. The van der Waals surface area contributed by atoms with E-state index in [9.17, 15) is 23.6 Å². The number of aromatic nitrogens is 2. The zero-order valence-corrected chi connectivity index (χ0v) is 37.8. The molecule has 1 N–H and O–H groups in total. The number of halogens is 5. The normalized spacial score (nSPS) is 18.7. The van der Waals surface area contributed by atoms with E-state index >= 15 is 8.78 Å². The topological polar surface area (TPSA) is 128 Å². The molecule has 3 fully saturated rings. The minimum atomic E-state index is -0.784. The van der Waals surface area contributed by atoms with Crippen LogP contribution in [-0.2, 0) is 20.9 Å². The van der Waals surface area contributed by atoms with E-state index < -0.39 is 29.4 Å². The molecule has 4 aliphatic heterocycles. The van der Waals surface area contributed by atoms with Crippen molar-refractivity contribution in [1.29, 1.82) is 0 Å². The molecule has 17 heteroatoms. The third kappa shape index (κ3) is 9.97. The highest BCUT2D eigenvalue weighted by molar-refractivity contribution is 6.42. The molecule has 8 rings (SSSR count). The molecular formula is C48H52Cl2F3N7O5. The molecule has 1 atom stereocenters. The van der Waals surface area contributed by atoms with Gasteiger partial charge in [0, 0.05) is 55.7 Å². The summed E-state index contributed by atoms with van der Waals surface area (Å²) in [4.78, 5) is 66.4. The molecule has 3 aromatic carbocycles. The number of amides is 4. The van der Waals surface area contributed by atoms with E-state index in [-0.39, 0.29) is 75.5 Å². The summed E-state index contributed by atoms with van der Waals surface area (Å²) in [7, 11) is 0. The van der Waals surface area contributed by atoms with Crippen LogP contribution in [0, 0.1) is 17.5 Å². The number of unbranched alkanes of at least 4 members (excludes halogenated alkanes) is 4.